The number of benzene rings is 3. The lowest BCUT2D eigenvalue weighted by molar-refractivity contribution is -0.142. The number of carboxylic acids is 1. The minimum atomic E-state index is -1.42. The second-order valence-corrected chi connectivity index (χ2v) is 12.3. The number of hydrogen-bond donors (Lipinski definition) is 8. The average molecular weight is 716 g/mol. The van der Waals surface area contributed by atoms with Crippen LogP contribution in [0, 0.1) is 0 Å². The molecule has 276 valence electrons. The molecular formula is C37H45N7O8. The molecule has 3 rings (SSSR count). The van der Waals surface area contributed by atoms with Gasteiger partial charge in [-0.1, -0.05) is 91.0 Å². The molecule has 0 aliphatic carbocycles. The Kier molecular flexibility index (Phi) is 15.9. The molecule has 0 aliphatic rings. The van der Waals surface area contributed by atoms with Crippen LogP contribution < -0.4 is 38.5 Å². The number of carbonyl (C=O) groups excluding carboxylic acids is 6. The zero-order valence-electron chi connectivity index (χ0n) is 28.5. The molecule has 0 heterocycles. The summed E-state index contributed by atoms with van der Waals surface area (Å²) in [6.07, 6.45) is -1.03. The van der Waals surface area contributed by atoms with Crippen LogP contribution in [0.4, 0.5) is 0 Å². The van der Waals surface area contributed by atoms with E-state index in [1.165, 1.54) is 0 Å². The lowest BCUT2D eigenvalue weighted by Crippen LogP contribution is -2.59. The summed E-state index contributed by atoms with van der Waals surface area (Å²) in [5.41, 5.74) is 18.8. The molecule has 3 aromatic carbocycles. The number of carboxylic acid groups (broad SMARTS) is 1. The molecule has 0 radical (unpaired) electrons. The van der Waals surface area contributed by atoms with Crippen molar-refractivity contribution >= 4 is 41.4 Å². The highest BCUT2D eigenvalue weighted by molar-refractivity contribution is 5.96. The Labute approximate surface area is 301 Å². The zero-order valence-corrected chi connectivity index (χ0v) is 28.5. The molecule has 52 heavy (non-hydrogen) atoms. The third-order valence-electron chi connectivity index (χ3n) is 8.07. The van der Waals surface area contributed by atoms with Gasteiger partial charge in [-0.2, -0.15) is 0 Å². The SMILES string of the molecule is NC(=O)CC[C@H](NC(=O)[C@H](Cc1ccccc1)NC(=O)[C@H](CCC(N)=O)NC(=O)[C@@H](N)Cc1ccccc1)C(=O)N[C@@H](Cc1ccccc1)C(=O)O. The topological polar surface area (TPSA) is 266 Å². The summed E-state index contributed by atoms with van der Waals surface area (Å²) in [5, 5.41) is 19.9. The summed E-state index contributed by atoms with van der Waals surface area (Å²) in [5.74, 6) is -6.06. The summed E-state index contributed by atoms with van der Waals surface area (Å²) in [4.78, 5) is 89.5. The molecule has 0 fully saturated rings. The van der Waals surface area contributed by atoms with Gasteiger partial charge in [0.05, 0.1) is 6.04 Å². The van der Waals surface area contributed by atoms with Crippen LogP contribution in [0.1, 0.15) is 42.4 Å². The van der Waals surface area contributed by atoms with Crippen molar-refractivity contribution in [2.45, 2.75) is 75.2 Å². The number of rotatable bonds is 21. The highest BCUT2D eigenvalue weighted by Crippen LogP contribution is 2.10. The van der Waals surface area contributed by atoms with Gasteiger partial charge in [0.2, 0.25) is 35.4 Å². The smallest absolute Gasteiger partial charge is 0.326 e. The fraction of sp³-hybridized carbons (Fsp3) is 0.324. The molecule has 0 aromatic heterocycles. The lowest BCUT2D eigenvalue weighted by atomic mass is 10.0. The Morgan fingerprint density at radius 2 is 0.808 bits per heavy atom. The number of carbonyl (C=O) groups is 7. The first-order valence-electron chi connectivity index (χ1n) is 16.7. The summed E-state index contributed by atoms with van der Waals surface area (Å²) >= 11 is 0. The Hall–Kier alpha value is -6.09. The van der Waals surface area contributed by atoms with Crippen molar-refractivity contribution in [1.29, 1.82) is 0 Å². The molecular weight excluding hydrogens is 670 g/mol. The van der Waals surface area contributed by atoms with Gasteiger partial charge in [-0.15, -0.1) is 0 Å². The third-order valence-corrected chi connectivity index (χ3v) is 8.07. The minimum absolute atomic E-state index is 0.0570. The van der Waals surface area contributed by atoms with Crippen LogP contribution in [0.3, 0.4) is 0 Å². The van der Waals surface area contributed by atoms with Crippen LogP contribution in [-0.4, -0.2) is 76.7 Å². The Morgan fingerprint density at radius 1 is 0.481 bits per heavy atom. The Morgan fingerprint density at radius 3 is 1.21 bits per heavy atom. The molecule has 0 saturated carbocycles. The van der Waals surface area contributed by atoms with Crippen LogP contribution >= 0.6 is 0 Å². The molecule has 11 N–H and O–H groups in total. The first-order valence-corrected chi connectivity index (χ1v) is 16.7. The van der Waals surface area contributed by atoms with Gasteiger partial charge in [0, 0.05) is 25.7 Å². The summed E-state index contributed by atoms with van der Waals surface area (Å²) in [6.45, 7) is 0. The van der Waals surface area contributed by atoms with E-state index in [0.29, 0.717) is 11.1 Å². The fourth-order valence-corrected chi connectivity index (χ4v) is 5.28. The standard InChI is InChI=1S/C37H45N7O8/c38-26(20-23-10-4-1-5-11-23)33(47)41-27(16-18-31(39)45)34(48)43-29(21-24-12-6-2-7-13-24)36(50)42-28(17-19-32(40)46)35(49)44-30(37(51)52)22-25-14-8-3-9-15-25/h1-15,26-30H,16-22,38H2,(H2,39,45)(H2,40,46)(H,41,47)(H,42,50)(H,43,48)(H,44,49)(H,51,52)/t26-,27-,28-,29-,30-/m0/s1. The largest absolute Gasteiger partial charge is 0.480 e. The van der Waals surface area contributed by atoms with E-state index in [9.17, 15) is 38.7 Å². The van der Waals surface area contributed by atoms with E-state index >= 15 is 0 Å². The van der Waals surface area contributed by atoms with Gasteiger partial charge in [-0.05, 0) is 36.0 Å². The molecule has 0 bridgehead atoms. The van der Waals surface area contributed by atoms with E-state index in [-0.39, 0.29) is 44.9 Å². The maximum absolute atomic E-state index is 13.9. The van der Waals surface area contributed by atoms with E-state index in [0.717, 1.165) is 5.56 Å². The van der Waals surface area contributed by atoms with Gasteiger partial charge in [0.25, 0.3) is 0 Å². The lowest BCUT2D eigenvalue weighted by Gasteiger charge is -2.26. The number of aliphatic carboxylic acids is 1. The summed E-state index contributed by atoms with van der Waals surface area (Å²) < 4.78 is 0. The molecule has 15 heteroatoms. The van der Waals surface area contributed by atoms with Gasteiger partial charge in [-0.25, -0.2) is 4.79 Å². The van der Waals surface area contributed by atoms with E-state index in [1.54, 1.807) is 84.9 Å². The molecule has 0 unspecified atom stereocenters. The van der Waals surface area contributed by atoms with Gasteiger partial charge in [0.1, 0.15) is 24.2 Å². The molecule has 0 saturated heterocycles. The predicted molar refractivity (Wildman–Crippen MR) is 191 cm³/mol. The Bertz CT molecular complexity index is 1680. The van der Waals surface area contributed by atoms with Crippen LogP contribution in [0.2, 0.25) is 0 Å². The van der Waals surface area contributed by atoms with E-state index < -0.39 is 71.6 Å². The average Bonchev–Trinajstić information content (AvgIpc) is 3.11. The van der Waals surface area contributed by atoms with Gasteiger partial charge >= 0.3 is 5.97 Å². The summed E-state index contributed by atoms with van der Waals surface area (Å²) in [6, 6.07) is 19.7. The second-order valence-electron chi connectivity index (χ2n) is 12.3. The van der Waals surface area contributed by atoms with Gasteiger partial charge in [-0.3, -0.25) is 28.8 Å². The van der Waals surface area contributed by atoms with Crippen LogP contribution in [-0.2, 0) is 52.8 Å². The fourth-order valence-electron chi connectivity index (χ4n) is 5.28. The first-order chi connectivity index (χ1) is 24.8. The number of amides is 6. The second kappa shape index (κ2) is 20.6. The quantitative estimate of drug-likeness (QED) is 0.0712. The monoisotopic (exact) mass is 715 g/mol. The van der Waals surface area contributed by atoms with Gasteiger partial charge < -0.3 is 43.6 Å². The van der Waals surface area contributed by atoms with E-state index in [2.05, 4.69) is 21.3 Å². The first kappa shape index (κ1) is 40.3. The number of nitrogens with two attached hydrogens (primary N) is 3. The predicted octanol–water partition coefficient (Wildman–Crippen LogP) is -0.403. The number of nitrogens with one attached hydrogen (secondary N) is 4. The Balaban J connectivity index is 1.83. The maximum atomic E-state index is 13.9. The number of hydrogen-bond acceptors (Lipinski definition) is 8. The van der Waals surface area contributed by atoms with Crippen molar-refractivity contribution in [3.05, 3.63) is 108 Å². The highest BCUT2D eigenvalue weighted by Gasteiger charge is 2.32. The van der Waals surface area contributed by atoms with Crippen molar-refractivity contribution < 1.29 is 38.7 Å². The molecule has 3 aromatic rings. The van der Waals surface area contributed by atoms with Crippen molar-refractivity contribution in [3.63, 3.8) is 0 Å². The molecule has 6 amide bonds. The normalized spacial score (nSPS) is 13.6. The summed E-state index contributed by atoms with van der Waals surface area (Å²) in [7, 11) is 0. The molecule has 15 nitrogen and oxygen atoms in total. The number of primary amides is 2. The zero-order chi connectivity index (χ0) is 38.0. The van der Waals surface area contributed by atoms with Crippen molar-refractivity contribution in [2.24, 2.45) is 17.2 Å². The third kappa shape index (κ3) is 14.0. The van der Waals surface area contributed by atoms with E-state index in [4.69, 9.17) is 17.2 Å². The molecule has 0 spiro atoms. The van der Waals surface area contributed by atoms with E-state index in [1.807, 2.05) is 6.07 Å². The molecule has 5 atom stereocenters. The minimum Gasteiger partial charge on any atom is -0.480 e. The van der Waals surface area contributed by atoms with Crippen LogP contribution in [0.15, 0.2) is 91.0 Å². The maximum Gasteiger partial charge on any atom is 0.326 e. The van der Waals surface area contributed by atoms with Crippen LogP contribution in [0.25, 0.3) is 0 Å². The molecule has 0 aliphatic heterocycles. The van der Waals surface area contributed by atoms with Crippen molar-refractivity contribution in [1.82, 2.24) is 21.3 Å². The van der Waals surface area contributed by atoms with Gasteiger partial charge in [0.15, 0.2) is 0 Å². The van der Waals surface area contributed by atoms with Crippen molar-refractivity contribution in [2.75, 3.05) is 0 Å². The van der Waals surface area contributed by atoms with Crippen molar-refractivity contribution in [3.8, 4) is 0 Å². The van der Waals surface area contributed by atoms with Crippen LogP contribution in [0.5, 0.6) is 0 Å². The highest BCUT2D eigenvalue weighted by atomic mass is 16.4.